The Morgan fingerprint density at radius 1 is 1.31 bits per heavy atom. The molecule has 0 atom stereocenters. The van der Waals surface area contributed by atoms with Crippen LogP contribution in [-0.4, -0.2) is 9.91 Å². The number of benzene rings is 1. The average Bonchev–Trinajstić information content (AvgIpc) is 2.27. The zero-order chi connectivity index (χ0) is 11.7. The maximum atomic E-state index is 12.7. The van der Waals surface area contributed by atoms with Gasteiger partial charge in [-0.25, -0.2) is 8.78 Å². The highest BCUT2D eigenvalue weighted by molar-refractivity contribution is 5.93. The normalized spacial score (nSPS) is 10.9. The molecule has 0 amide bonds. The number of non-ortho nitro benzene ring substituents is 1. The molecule has 0 aliphatic carbocycles. The molecule has 0 bridgehead atoms. The average molecular weight is 224 g/mol. The third kappa shape index (κ3) is 1.58. The Bertz CT molecular complexity index is 552. The number of fused-ring (bicyclic) bond motifs is 1. The number of halogens is 2. The predicted octanol–water partition coefficient (Wildman–Crippen LogP) is 3.08. The van der Waals surface area contributed by atoms with E-state index in [4.69, 9.17) is 0 Å². The summed E-state index contributed by atoms with van der Waals surface area (Å²) in [7, 11) is 0. The number of nitrogens with zero attached hydrogens (tertiary/aromatic N) is 2. The minimum atomic E-state index is -2.78. The maximum Gasteiger partial charge on any atom is 0.277 e. The fourth-order valence-electron chi connectivity index (χ4n) is 1.56. The molecule has 2 rings (SSSR count). The number of pyridine rings is 1. The number of nitro benzene ring substituents is 1. The van der Waals surface area contributed by atoms with Crippen molar-refractivity contribution in [1.82, 2.24) is 4.98 Å². The molecule has 2 aromatic rings. The quantitative estimate of drug-likeness (QED) is 0.581. The van der Waals surface area contributed by atoms with Gasteiger partial charge in [-0.05, 0) is 0 Å². The van der Waals surface area contributed by atoms with Gasteiger partial charge in [-0.15, -0.1) is 0 Å². The molecule has 82 valence electrons. The van der Waals surface area contributed by atoms with Gasteiger partial charge in [0.25, 0.3) is 12.1 Å². The Labute approximate surface area is 88.7 Å². The Hall–Kier alpha value is -2.11. The molecule has 0 saturated heterocycles. The minimum Gasteiger partial charge on any atom is -0.264 e. The number of nitro groups is 1. The molecule has 0 fully saturated rings. The van der Waals surface area contributed by atoms with Crippen LogP contribution in [0.1, 0.15) is 12.0 Å². The lowest BCUT2D eigenvalue weighted by molar-refractivity contribution is -0.383. The van der Waals surface area contributed by atoms with Crippen LogP contribution in [0.4, 0.5) is 14.5 Å². The van der Waals surface area contributed by atoms with Crippen LogP contribution in [0.15, 0.2) is 30.6 Å². The van der Waals surface area contributed by atoms with Crippen LogP contribution in [0.2, 0.25) is 0 Å². The molecule has 6 heteroatoms. The standard InChI is InChI=1S/C10H6F2N2O2/c11-10(12)7-5-13-4-6-2-1-3-8(9(6)7)14(15)16/h1-5,10H. The van der Waals surface area contributed by atoms with Crippen LogP contribution in [0.5, 0.6) is 0 Å². The van der Waals surface area contributed by atoms with Gasteiger partial charge in [0.2, 0.25) is 0 Å². The van der Waals surface area contributed by atoms with Crippen molar-refractivity contribution in [2.45, 2.75) is 6.43 Å². The first kappa shape index (κ1) is 10.4. The Balaban J connectivity index is 2.87. The van der Waals surface area contributed by atoms with Crippen molar-refractivity contribution in [2.75, 3.05) is 0 Å². The van der Waals surface area contributed by atoms with Gasteiger partial charge in [0, 0.05) is 23.8 Å². The Morgan fingerprint density at radius 2 is 2.06 bits per heavy atom. The van der Waals surface area contributed by atoms with E-state index in [2.05, 4.69) is 4.98 Å². The van der Waals surface area contributed by atoms with Gasteiger partial charge in [0.1, 0.15) is 0 Å². The largest absolute Gasteiger partial charge is 0.277 e. The van der Waals surface area contributed by atoms with Gasteiger partial charge in [0.05, 0.1) is 15.9 Å². The maximum absolute atomic E-state index is 12.7. The van der Waals surface area contributed by atoms with E-state index in [9.17, 15) is 18.9 Å². The molecule has 16 heavy (non-hydrogen) atoms. The van der Waals surface area contributed by atoms with E-state index in [1.165, 1.54) is 24.4 Å². The topological polar surface area (TPSA) is 56.0 Å². The predicted molar refractivity (Wildman–Crippen MR) is 53.4 cm³/mol. The van der Waals surface area contributed by atoms with Crippen molar-refractivity contribution in [2.24, 2.45) is 0 Å². The van der Waals surface area contributed by atoms with Crippen molar-refractivity contribution in [1.29, 1.82) is 0 Å². The van der Waals surface area contributed by atoms with E-state index in [1.54, 1.807) is 0 Å². The van der Waals surface area contributed by atoms with E-state index in [0.29, 0.717) is 5.39 Å². The fraction of sp³-hybridized carbons (Fsp3) is 0.100. The summed E-state index contributed by atoms with van der Waals surface area (Å²) < 4.78 is 25.4. The van der Waals surface area contributed by atoms with Gasteiger partial charge in [0.15, 0.2) is 0 Å². The molecule has 1 heterocycles. The first-order valence-electron chi connectivity index (χ1n) is 4.40. The second-order valence-corrected chi connectivity index (χ2v) is 3.16. The molecule has 4 nitrogen and oxygen atoms in total. The molecular weight excluding hydrogens is 218 g/mol. The van der Waals surface area contributed by atoms with E-state index >= 15 is 0 Å². The van der Waals surface area contributed by atoms with Gasteiger partial charge < -0.3 is 0 Å². The molecule has 0 N–H and O–H groups in total. The number of hydrogen-bond acceptors (Lipinski definition) is 3. The highest BCUT2D eigenvalue weighted by Crippen LogP contribution is 2.33. The van der Waals surface area contributed by atoms with Crippen LogP contribution in [0.25, 0.3) is 10.8 Å². The summed E-state index contributed by atoms with van der Waals surface area (Å²) in [6.45, 7) is 0. The lowest BCUT2D eigenvalue weighted by Crippen LogP contribution is -1.95. The van der Waals surface area contributed by atoms with Crippen LogP contribution >= 0.6 is 0 Å². The molecule has 0 saturated carbocycles. The second-order valence-electron chi connectivity index (χ2n) is 3.16. The Morgan fingerprint density at radius 3 is 2.69 bits per heavy atom. The summed E-state index contributed by atoms with van der Waals surface area (Å²) in [6.07, 6.45) is -0.494. The molecule has 0 aliphatic rings. The lowest BCUT2D eigenvalue weighted by atomic mass is 10.1. The van der Waals surface area contributed by atoms with Crippen molar-refractivity contribution < 1.29 is 13.7 Å². The fourth-order valence-corrected chi connectivity index (χ4v) is 1.56. The first-order valence-corrected chi connectivity index (χ1v) is 4.40. The van der Waals surface area contributed by atoms with Gasteiger partial charge in [-0.2, -0.15) is 0 Å². The van der Waals surface area contributed by atoms with E-state index in [0.717, 1.165) is 6.20 Å². The summed E-state index contributed by atoms with van der Waals surface area (Å²) in [4.78, 5) is 13.7. The van der Waals surface area contributed by atoms with E-state index in [1.807, 2.05) is 0 Å². The van der Waals surface area contributed by atoms with Gasteiger partial charge in [-0.3, -0.25) is 15.1 Å². The number of alkyl halides is 2. The molecule has 0 spiro atoms. The smallest absolute Gasteiger partial charge is 0.264 e. The van der Waals surface area contributed by atoms with Crippen molar-refractivity contribution in [3.05, 3.63) is 46.3 Å². The van der Waals surface area contributed by atoms with E-state index in [-0.39, 0.29) is 11.1 Å². The van der Waals surface area contributed by atoms with Crippen molar-refractivity contribution >= 4 is 16.5 Å². The first-order chi connectivity index (χ1) is 7.61. The summed E-state index contributed by atoms with van der Waals surface area (Å²) in [5.41, 5.74) is -0.736. The molecular formula is C10H6F2N2O2. The van der Waals surface area contributed by atoms with E-state index < -0.39 is 16.9 Å². The molecule has 0 unspecified atom stereocenters. The van der Waals surface area contributed by atoms with Crippen molar-refractivity contribution in [3.63, 3.8) is 0 Å². The molecule has 0 aliphatic heterocycles. The summed E-state index contributed by atoms with van der Waals surface area (Å²) in [6, 6.07) is 4.16. The summed E-state index contributed by atoms with van der Waals surface area (Å²) in [5.74, 6) is 0. The highest BCUT2D eigenvalue weighted by atomic mass is 19.3. The van der Waals surface area contributed by atoms with Crippen LogP contribution in [-0.2, 0) is 0 Å². The molecule has 1 aromatic carbocycles. The zero-order valence-electron chi connectivity index (χ0n) is 7.93. The monoisotopic (exact) mass is 224 g/mol. The van der Waals surface area contributed by atoms with Crippen LogP contribution in [0, 0.1) is 10.1 Å². The number of hydrogen-bond donors (Lipinski definition) is 0. The molecule has 0 radical (unpaired) electrons. The van der Waals surface area contributed by atoms with Crippen LogP contribution < -0.4 is 0 Å². The highest BCUT2D eigenvalue weighted by Gasteiger charge is 2.20. The van der Waals surface area contributed by atoms with Crippen molar-refractivity contribution in [3.8, 4) is 0 Å². The summed E-state index contributed by atoms with van der Waals surface area (Å²) >= 11 is 0. The Kier molecular flexibility index (Phi) is 2.47. The zero-order valence-corrected chi connectivity index (χ0v) is 7.93. The lowest BCUT2D eigenvalue weighted by Gasteiger charge is -2.04. The molecule has 1 aromatic heterocycles. The SMILES string of the molecule is O=[N+]([O-])c1cccc2cncc(C(F)F)c12. The number of rotatable bonds is 2. The second kappa shape index (κ2) is 3.80. The third-order valence-electron chi connectivity index (χ3n) is 2.22. The van der Waals surface area contributed by atoms with Gasteiger partial charge in [-0.1, -0.05) is 12.1 Å². The summed E-state index contributed by atoms with van der Waals surface area (Å²) in [5, 5.41) is 11.0. The minimum absolute atomic E-state index is 0.0440. The van der Waals surface area contributed by atoms with Gasteiger partial charge >= 0.3 is 0 Å². The third-order valence-corrected chi connectivity index (χ3v) is 2.22. The van der Waals surface area contributed by atoms with Crippen LogP contribution in [0.3, 0.4) is 0 Å². The number of aromatic nitrogens is 1.